The second-order valence-electron chi connectivity index (χ2n) is 3.49. The Morgan fingerprint density at radius 1 is 1.42 bits per heavy atom. The van der Waals surface area contributed by atoms with Gasteiger partial charge in [0.2, 0.25) is 5.91 Å². The standard InChI is InChI=1S/C10H11Cl2N3O4/c11-7-3-6(15(17)18)4-8(12)10(7)14-1-2-19-5-9(13)16/h3-4,14H,1-2,5H2,(H2,13,16). The number of nitrogens with zero attached hydrogens (tertiary/aromatic N) is 1. The zero-order chi connectivity index (χ0) is 14.4. The molecule has 19 heavy (non-hydrogen) atoms. The van der Waals surface area contributed by atoms with Crippen molar-refractivity contribution in [3.8, 4) is 0 Å². The Hall–Kier alpha value is -1.57. The number of nitrogens with two attached hydrogens (primary N) is 1. The molecule has 0 unspecified atom stereocenters. The van der Waals surface area contributed by atoms with Gasteiger partial charge in [-0.05, 0) is 0 Å². The van der Waals surface area contributed by atoms with Crippen LogP contribution < -0.4 is 11.1 Å². The molecule has 1 rings (SSSR count). The molecule has 3 N–H and O–H groups in total. The molecule has 0 aliphatic carbocycles. The normalized spacial score (nSPS) is 10.2. The van der Waals surface area contributed by atoms with Crippen molar-refractivity contribution in [3.05, 3.63) is 32.3 Å². The summed E-state index contributed by atoms with van der Waals surface area (Å²) in [5, 5.41) is 13.7. The lowest BCUT2D eigenvalue weighted by atomic mass is 10.3. The predicted octanol–water partition coefficient (Wildman–Crippen LogP) is 1.82. The van der Waals surface area contributed by atoms with Crippen LogP contribution in [-0.4, -0.2) is 30.6 Å². The van der Waals surface area contributed by atoms with Crippen LogP contribution in [0, 0.1) is 10.1 Å². The quantitative estimate of drug-likeness (QED) is 0.454. The van der Waals surface area contributed by atoms with Gasteiger partial charge in [0.05, 0.1) is 27.3 Å². The van der Waals surface area contributed by atoms with Gasteiger partial charge in [0.15, 0.2) is 0 Å². The molecule has 1 aromatic carbocycles. The third-order valence-electron chi connectivity index (χ3n) is 2.03. The van der Waals surface area contributed by atoms with Crippen LogP contribution in [0.3, 0.4) is 0 Å². The summed E-state index contributed by atoms with van der Waals surface area (Å²) in [6, 6.07) is 2.39. The van der Waals surface area contributed by atoms with Gasteiger partial charge in [0.25, 0.3) is 5.69 Å². The van der Waals surface area contributed by atoms with Crippen molar-refractivity contribution in [2.45, 2.75) is 0 Å². The van der Waals surface area contributed by atoms with Crippen LogP contribution in [0.5, 0.6) is 0 Å². The number of primary amides is 1. The Morgan fingerprint density at radius 3 is 2.47 bits per heavy atom. The van der Waals surface area contributed by atoms with Crippen LogP contribution in [-0.2, 0) is 9.53 Å². The molecule has 0 aromatic heterocycles. The average molecular weight is 308 g/mol. The lowest BCUT2D eigenvalue weighted by molar-refractivity contribution is -0.384. The molecule has 0 heterocycles. The molecule has 0 fully saturated rings. The van der Waals surface area contributed by atoms with Crippen molar-refractivity contribution in [2.24, 2.45) is 5.73 Å². The number of carbonyl (C=O) groups is 1. The first-order valence-corrected chi connectivity index (χ1v) is 5.90. The number of amides is 1. The van der Waals surface area contributed by atoms with Crippen molar-refractivity contribution >= 4 is 40.5 Å². The highest BCUT2D eigenvalue weighted by atomic mass is 35.5. The van der Waals surface area contributed by atoms with E-state index in [4.69, 9.17) is 33.7 Å². The van der Waals surface area contributed by atoms with Crippen molar-refractivity contribution in [1.82, 2.24) is 0 Å². The van der Waals surface area contributed by atoms with E-state index < -0.39 is 10.8 Å². The molecule has 0 saturated heterocycles. The Balaban J connectivity index is 2.59. The van der Waals surface area contributed by atoms with Gasteiger partial charge in [-0.25, -0.2) is 0 Å². The van der Waals surface area contributed by atoms with Gasteiger partial charge in [-0.15, -0.1) is 0 Å². The van der Waals surface area contributed by atoms with Gasteiger partial charge < -0.3 is 15.8 Å². The summed E-state index contributed by atoms with van der Waals surface area (Å²) >= 11 is 11.8. The minimum atomic E-state index is -0.586. The molecular weight excluding hydrogens is 297 g/mol. The summed E-state index contributed by atoms with van der Waals surface area (Å²) in [6.07, 6.45) is 0. The zero-order valence-electron chi connectivity index (χ0n) is 9.69. The fraction of sp³-hybridized carbons (Fsp3) is 0.300. The maximum atomic E-state index is 10.6. The van der Waals surface area contributed by atoms with E-state index in [1.807, 2.05) is 0 Å². The van der Waals surface area contributed by atoms with E-state index in [0.717, 1.165) is 0 Å². The van der Waals surface area contributed by atoms with E-state index >= 15 is 0 Å². The van der Waals surface area contributed by atoms with Crippen LogP contribution >= 0.6 is 23.2 Å². The molecule has 0 saturated carbocycles. The molecule has 0 aliphatic rings. The molecule has 0 spiro atoms. The number of nitro benzene ring substituents is 1. The molecule has 7 nitrogen and oxygen atoms in total. The van der Waals surface area contributed by atoms with E-state index in [9.17, 15) is 14.9 Å². The number of anilines is 1. The Kier molecular flexibility index (Phi) is 5.81. The first-order valence-electron chi connectivity index (χ1n) is 5.15. The van der Waals surface area contributed by atoms with Crippen LogP contribution in [0.25, 0.3) is 0 Å². The Labute approximate surface area is 118 Å². The van der Waals surface area contributed by atoms with E-state index in [1.54, 1.807) is 0 Å². The molecule has 0 bridgehead atoms. The largest absolute Gasteiger partial charge is 0.380 e. The van der Waals surface area contributed by atoms with Gasteiger partial charge in [-0.1, -0.05) is 23.2 Å². The van der Waals surface area contributed by atoms with Crippen molar-refractivity contribution in [1.29, 1.82) is 0 Å². The van der Waals surface area contributed by atoms with Gasteiger partial charge in [-0.2, -0.15) is 0 Å². The zero-order valence-corrected chi connectivity index (χ0v) is 11.2. The molecular formula is C10H11Cl2N3O4. The van der Waals surface area contributed by atoms with Crippen LogP contribution in [0.2, 0.25) is 10.0 Å². The number of benzene rings is 1. The lowest BCUT2D eigenvalue weighted by Crippen LogP contribution is -2.20. The van der Waals surface area contributed by atoms with Crippen LogP contribution in [0.1, 0.15) is 0 Å². The smallest absolute Gasteiger partial charge is 0.272 e. The Morgan fingerprint density at radius 2 is 2.00 bits per heavy atom. The minimum absolute atomic E-state index is 0.133. The van der Waals surface area contributed by atoms with Crippen molar-refractivity contribution < 1.29 is 14.5 Å². The van der Waals surface area contributed by atoms with Gasteiger partial charge >= 0.3 is 0 Å². The number of hydrogen-bond acceptors (Lipinski definition) is 5. The third kappa shape index (κ3) is 4.90. The first kappa shape index (κ1) is 15.5. The van der Waals surface area contributed by atoms with Gasteiger partial charge in [0.1, 0.15) is 6.61 Å². The summed E-state index contributed by atoms with van der Waals surface area (Å²) < 4.78 is 4.93. The monoisotopic (exact) mass is 307 g/mol. The first-order chi connectivity index (χ1) is 8.91. The number of halogens is 2. The maximum absolute atomic E-state index is 10.6. The van der Waals surface area contributed by atoms with Crippen LogP contribution in [0.4, 0.5) is 11.4 Å². The van der Waals surface area contributed by atoms with Gasteiger partial charge in [-0.3, -0.25) is 14.9 Å². The fourth-order valence-corrected chi connectivity index (χ4v) is 1.86. The second-order valence-corrected chi connectivity index (χ2v) is 4.30. The van der Waals surface area contributed by atoms with Crippen LogP contribution in [0.15, 0.2) is 12.1 Å². The Bertz CT molecular complexity index is 473. The summed E-state index contributed by atoms with van der Waals surface area (Å²) in [5.41, 5.74) is 5.07. The number of rotatable bonds is 7. The highest BCUT2D eigenvalue weighted by molar-refractivity contribution is 6.39. The molecule has 0 radical (unpaired) electrons. The number of nitro groups is 1. The highest BCUT2D eigenvalue weighted by Crippen LogP contribution is 2.34. The second kappa shape index (κ2) is 7.13. The third-order valence-corrected chi connectivity index (χ3v) is 2.63. The average Bonchev–Trinajstić information content (AvgIpc) is 2.30. The number of ether oxygens (including phenoxy) is 1. The topological polar surface area (TPSA) is 107 Å². The fourth-order valence-electron chi connectivity index (χ4n) is 1.26. The van der Waals surface area contributed by atoms with E-state index in [2.05, 4.69) is 5.32 Å². The number of non-ortho nitro benzene ring substituents is 1. The summed E-state index contributed by atoms with van der Waals surface area (Å²) in [7, 11) is 0. The number of nitrogens with one attached hydrogen (secondary N) is 1. The predicted molar refractivity (Wildman–Crippen MR) is 71.6 cm³/mol. The van der Waals surface area contributed by atoms with E-state index in [-0.39, 0.29) is 28.9 Å². The van der Waals surface area contributed by atoms with Crippen molar-refractivity contribution in [3.63, 3.8) is 0 Å². The molecule has 0 atom stereocenters. The minimum Gasteiger partial charge on any atom is -0.380 e. The summed E-state index contributed by atoms with van der Waals surface area (Å²) in [4.78, 5) is 20.4. The van der Waals surface area contributed by atoms with Gasteiger partial charge in [0, 0.05) is 18.7 Å². The highest BCUT2D eigenvalue weighted by Gasteiger charge is 2.14. The maximum Gasteiger partial charge on any atom is 0.272 e. The summed E-state index contributed by atoms with van der Waals surface area (Å²) in [6.45, 7) is 0.362. The van der Waals surface area contributed by atoms with Crippen molar-refractivity contribution in [2.75, 3.05) is 25.1 Å². The van der Waals surface area contributed by atoms with E-state index in [0.29, 0.717) is 12.2 Å². The molecule has 104 valence electrons. The SMILES string of the molecule is NC(=O)COCCNc1c(Cl)cc([N+](=O)[O-])cc1Cl. The molecule has 1 amide bonds. The van der Waals surface area contributed by atoms with E-state index in [1.165, 1.54) is 12.1 Å². The molecule has 9 heteroatoms. The summed E-state index contributed by atoms with van der Waals surface area (Å²) in [5.74, 6) is -0.564. The molecule has 1 aromatic rings. The molecule has 0 aliphatic heterocycles. The number of hydrogen-bond donors (Lipinski definition) is 2. The lowest BCUT2D eigenvalue weighted by Gasteiger charge is -2.10. The number of carbonyl (C=O) groups excluding carboxylic acids is 1.